The molecule has 4 rings (SSSR count). The fraction of sp³-hybridized carbons (Fsp3) is 0.368. The maximum atomic E-state index is 6.31. The van der Waals surface area contributed by atoms with Crippen molar-refractivity contribution >= 4 is 39.0 Å². The Morgan fingerprint density at radius 2 is 2.12 bits per heavy atom. The maximum absolute atomic E-state index is 6.31. The zero-order chi connectivity index (χ0) is 18.0. The Kier molecular flexibility index (Phi) is 4.98. The molecule has 136 valence electrons. The number of halogens is 1. The summed E-state index contributed by atoms with van der Waals surface area (Å²) in [5, 5.41) is 7.36. The van der Waals surface area contributed by atoms with Crippen LogP contribution in [0.3, 0.4) is 0 Å². The molecule has 1 aliphatic heterocycles. The smallest absolute Gasteiger partial charge is 0.138 e. The molecule has 3 aromatic rings. The molecule has 0 aliphatic carbocycles. The number of nitrogens with one attached hydrogen (secondary N) is 1. The van der Waals surface area contributed by atoms with Crippen LogP contribution in [-0.2, 0) is 10.2 Å². The van der Waals surface area contributed by atoms with Crippen LogP contribution in [0.4, 0.5) is 5.82 Å². The van der Waals surface area contributed by atoms with Crippen molar-refractivity contribution in [3.63, 3.8) is 0 Å². The van der Waals surface area contributed by atoms with Gasteiger partial charge in [-0.05, 0) is 42.5 Å². The molecule has 7 heteroatoms. The normalized spacial score (nSPS) is 16.5. The number of anilines is 1. The van der Waals surface area contributed by atoms with Crippen LogP contribution in [0.15, 0.2) is 36.0 Å². The van der Waals surface area contributed by atoms with Crippen molar-refractivity contribution in [2.75, 3.05) is 32.2 Å². The molecule has 1 aromatic carbocycles. The number of aromatic nitrogens is 2. The Morgan fingerprint density at radius 3 is 2.92 bits per heavy atom. The predicted octanol–water partition coefficient (Wildman–Crippen LogP) is 4.51. The van der Waals surface area contributed by atoms with Crippen molar-refractivity contribution in [2.24, 2.45) is 0 Å². The fourth-order valence-electron chi connectivity index (χ4n) is 3.58. The summed E-state index contributed by atoms with van der Waals surface area (Å²) in [5.41, 5.74) is 1.00. The van der Waals surface area contributed by atoms with E-state index in [9.17, 15) is 0 Å². The van der Waals surface area contributed by atoms with Gasteiger partial charge in [0.1, 0.15) is 22.7 Å². The van der Waals surface area contributed by atoms with E-state index in [0.717, 1.165) is 59.9 Å². The van der Waals surface area contributed by atoms with Gasteiger partial charge in [0.05, 0.1) is 12.5 Å². The minimum Gasteiger partial charge on any atom is -0.496 e. The molecule has 0 saturated carbocycles. The molecule has 1 fully saturated rings. The first-order chi connectivity index (χ1) is 12.7. The molecule has 0 amide bonds. The number of ether oxygens (including phenoxy) is 2. The standard InChI is InChI=1S/C19H20ClN3O2S/c1-24-16-3-2-13(20)10-15(16)19(5-7-25-8-6-19)11-21-17-14-4-9-26-18(14)23-12-22-17/h2-4,9-10,12H,5-8,11H2,1H3,(H,21,22,23). The van der Waals surface area contributed by atoms with Crippen molar-refractivity contribution in [1.82, 2.24) is 9.97 Å². The van der Waals surface area contributed by atoms with Crippen LogP contribution < -0.4 is 10.1 Å². The monoisotopic (exact) mass is 389 g/mol. The number of benzene rings is 1. The van der Waals surface area contributed by atoms with Gasteiger partial charge in [0.15, 0.2) is 0 Å². The Hall–Kier alpha value is -1.89. The van der Waals surface area contributed by atoms with Crippen LogP contribution in [0.2, 0.25) is 5.02 Å². The molecule has 3 heterocycles. The lowest BCUT2D eigenvalue weighted by molar-refractivity contribution is 0.0535. The molecule has 0 radical (unpaired) electrons. The number of thiophene rings is 1. The zero-order valence-electron chi connectivity index (χ0n) is 14.5. The number of nitrogens with zero attached hydrogens (tertiary/aromatic N) is 2. The van der Waals surface area contributed by atoms with Gasteiger partial charge in [-0.15, -0.1) is 11.3 Å². The minimum absolute atomic E-state index is 0.123. The number of rotatable bonds is 5. The Bertz CT molecular complexity index is 909. The highest BCUT2D eigenvalue weighted by Gasteiger charge is 2.37. The molecule has 0 bridgehead atoms. The lowest BCUT2D eigenvalue weighted by Gasteiger charge is -2.39. The zero-order valence-corrected chi connectivity index (χ0v) is 16.1. The third kappa shape index (κ3) is 3.24. The molecule has 0 spiro atoms. The van der Waals surface area contributed by atoms with Crippen molar-refractivity contribution in [2.45, 2.75) is 18.3 Å². The first-order valence-electron chi connectivity index (χ1n) is 8.56. The van der Waals surface area contributed by atoms with Gasteiger partial charge in [0.2, 0.25) is 0 Å². The highest BCUT2D eigenvalue weighted by atomic mass is 35.5. The van der Waals surface area contributed by atoms with Crippen LogP contribution in [0.5, 0.6) is 5.75 Å². The van der Waals surface area contributed by atoms with Crippen molar-refractivity contribution in [3.05, 3.63) is 46.6 Å². The van der Waals surface area contributed by atoms with Gasteiger partial charge in [-0.3, -0.25) is 0 Å². The number of hydrogen-bond acceptors (Lipinski definition) is 6. The second kappa shape index (κ2) is 7.39. The van der Waals surface area contributed by atoms with Crippen molar-refractivity contribution in [1.29, 1.82) is 0 Å². The molecular formula is C19H20ClN3O2S. The van der Waals surface area contributed by atoms with Crippen LogP contribution in [0, 0.1) is 0 Å². The average molecular weight is 390 g/mol. The fourth-order valence-corrected chi connectivity index (χ4v) is 4.49. The summed E-state index contributed by atoms with van der Waals surface area (Å²) in [6, 6.07) is 7.88. The summed E-state index contributed by atoms with van der Waals surface area (Å²) in [6.45, 7) is 2.17. The van der Waals surface area contributed by atoms with E-state index >= 15 is 0 Å². The van der Waals surface area contributed by atoms with Gasteiger partial charge in [-0.25, -0.2) is 9.97 Å². The van der Waals surface area contributed by atoms with E-state index in [2.05, 4.69) is 21.4 Å². The molecule has 1 aliphatic rings. The highest BCUT2D eigenvalue weighted by molar-refractivity contribution is 7.16. The third-order valence-corrected chi connectivity index (χ3v) is 6.09. The topological polar surface area (TPSA) is 56.3 Å². The van der Waals surface area contributed by atoms with Gasteiger partial charge < -0.3 is 14.8 Å². The van der Waals surface area contributed by atoms with Crippen molar-refractivity contribution < 1.29 is 9.47 Å². The molecule has 0 unspecified atom stereocenters. The summed E-state index contributed by atoms with van der Waals surface area (Å²) < 4.78 is 11.3. The molecule has 5 nitrogen and oxygen atoms in total. The molecule has 1 N–H and O–H groups in total. The van der Waals surface area contributed by atoms with Gasteiger partial charge in [-0.2, -0.15) is 0 Å². The largest absolute Gasteiger partial charge is 0.496 e. The van der Waals surface area contributed by atoms with Gasteiger partial charge in [0.25, 0.3) is 0 Å². The van der Waals surface area contributed by atoms with Crippen LogP contribution in [0.1, 0.15) is 18.4 Å². The molecule has 0 atom stereocenters. The van der Waals surface area contributed by atoms with E-state index < -0.39 is 0 Å². The third-order valence-electron chi connectivity index (χ3n) is 5.04. The Balaban J connectivity index is 1.69. The van der Waals surface area contributed by atoms with Gasteiger partial charge in [0, 0.05) is 35.8 Å². The summed E-state index contributed by atoms with van der Waals surface area (Å²) in [5.74, 6) is 1.73. The van der Waals surface area contributed by atoms with Crippen LogP contribution in [0.25, 0.3) is 10.2 Å². The lowest BCUT2D eigenvalue weighted by atomic mass is 9.73. The van der Waals surface area contributed by atoms with Gasteiger partial charge >= 0.3 is 0 Å². The Morgan fingerprint density at radius 1 is 1.27 bits per heavy atom. The molecule has 26 heavy (non-hydrogen) atoms. The summed E-state index contributed by atoms with van der Waals surface area (Å²) in [6.07, 6.45) is 3.40. The minimum atomic E-state index is -0.123. The molecule has 2 aromatic heterocycles. The van der Waals surface area contributed by atoms with Crippen LogP contribution in [-0.4, -0.2) is 36.8 Å². The van der Waals surface area contributed by atoms with E-state index in [1.807, 2.05) is 23.6 Å². The second-order valence-corrected chi connectivity index (χ2v) is 7.78. The molecular weight excluding hydrogens is 370 g/mol. The van der Waals surface area contributed by atoms with Gasteiger partial charge in [-0.1, -0.05) is 11.6 Å². The van der Waals surface area contributed by atoms with E-state index in [1.54, 1.807) is 24.8 Å². The first kappa shape index (κ1) is 17.5. The summed E-state index contributed by atoms with van der Waals surface area (Å²) >= 11 is 7.93. The SMILES string of the molecule is COc1ccc(Cl)cc1C1(CNc2ncnc3sccc23)CCOCC1. The molecule has 1 saturated heterocycles. The average Bonchev–Trinajstić information content (AvgIpc) is 3.16. The predicted molar refractivity (Wildman–Crippen MR) is 106 cm³/mol. The lowest BCUT2D eigenvalue weighted by Crippen LogP contribution is -2.40. The Labute approximate surface area is 161 Å². The first-order valence-corrected chi connectivity index (χ1v) is 9.81. The number of fused-ring (bicyclic) bond motifs is 1. The van der Waals surface area contributed by atoms with E-state index in [4.69, 9.17) is 21.1 Å². The highest BCUT2D eigenvalue weighted by Crippen LogP contribution is 2.41. The quantitative estimate of drug-likeness (QED) is 0.695. The summed E-state index contributed by atoms with van der Waals surface area (Å²) in [4.78, 5) is 9.76. The number of hydrogen-bond donors (Lipinski definition) is 1. The van der Waals surface area contributed by atoms with Crippen LogP contribution >= 0.6 is 22.9 Å². The van der Waals surface area contributed by atoms with E-state index in [1.165, 1.54) is 0 Å². The van der Waals surface area contributed by atoms with E-state index in [-0.39, 0.29) is 5.41 Å². The summed E-state index contributed by atoms with van der Waals surface area (Å²) in [7, 11) is 1.70. The maximum Gasteiger partial charge on any atom is 0.138 e. The number of methoxy groups -OCH3 is 1. The van der Waals surface area contributed by atoms with E-state index in [0.29, 0.717) is 5.02 Å². The van der Waals surface area contributed by atoms with Crippen molar-refractivity contribution in [3.8, 4) is 5.75 Å². The second-order valence-electron chi connectivity index (χ2n) is 6.45.